The van der Waals surface area contributed by atoms with Crippen LogP contribution in [0.2, 0.25) is 0 Å². The number of rotatable bonds is 9. The molecule has 0 unspecified atom stereocenters. The third-order valence-electron chi connectivity index (χ3n) is 7.08. The Bertz CT molecular complexity index is 1590. The maximum absolute atomic E-state index is 13.6. The minimum atomic E-state index is -0.455. The Morgan fingerprint density at radius 2 is 1.71 bits per heavy atom. The lowest BCUT2D eigenvalue weighted by Crippen LogP contribution is -2.35. The van der Waals surface area contributed by atoms with Crippen LogP contribution in [0.25, 0.3) is 10.9 Å². The Balaban J connectivity index is 1.63. The van der Waals surface area contributed by atoms with Crippen molar-refractivity contribution in [2.45, 2.75) is 39.9 Å². The first-order valence-electron chi connectivity index (χ1n) is 12.8. The van der Waals surface area contributed by atoms with Crippen LogP contribution >= 0.6 is 0 Å². The molecule has 1 N–H and O–H groups in total. The van der Waals surface area contributed by atoms with Crippen LogP contribution in [-0.2, 0) is 13.1 Å². The number of aromatic nitrogens is 5. The molecule has 8 nitrogen and oxygen atoms in total. The van der Waals surface area contributed by atoms with Gasteiger partial charge in [0.25, 0.3) is 5.56 Å². The van der Waals surface area contributed by atoms with Crippen LogP contribution in [0.1, 0.15) is 46.6 Å². The second-order valence-corrected chi connectivity index (χ2v) is 9.57. The summed E-state index contributed by atoms with van der Waals surface area (Å²) in [4.78, 5) is 19.0. The van der Waals surface area contributed by atoms with Crippen LogP contribution < -0.4 is 10.3 Å². The van der Waals surface area contributed by atoms with Gasteiger partial charge >= 0.3 is 0 Å². The van der Waals surface area contributed by atoms with E-state index in [0.717, 1.165) is 33.3 Å². The summed E-state index contributed by atoms with van der Waals surface area (Å²) >= 11 is 0. The van der Waals surface area contributed by atoms with Gasteiger partial charge in [0, 0.05) is 17.6 Å². The van der Waals surface area contributed by atoms with Gasteiger partial charge in [-0.25, -0.2) is 4.68 Å². The lowest BCUT2D eigenvalue weighted by Gasteiger charge is -2.30. The lowest BCUT2D eigenvalue weighted by molar-refractivity contribution is 0.214. The van der Waals surface area contributed by atoms with E-state index in [4.69, 9.17) is 4.74 Å². The standard InChI is InChI=1S/C30H32N6O2/c1-5-35(18-22-9-7-6-8-10-22)28(26-17-24-15-20(2)21(3)16-27(24)31-30(26)37)29-32-33-34-36(29)19-23-11-13-25(38-4)14-12-23/h6-17,28H,5,18-19H2,1-4H3,(H,31,37)/t28-/m0/s1. The summed E-state index contributed by atoms with van der Waals surface area (Å²) in [5.41, 5.74) is 5.79. The number of hydrogen-bond donors (Lipinski definition) is 1. The fraction of sp³-hybridized carbons (Fsp3) is 0.267. The highest BCUT2D eigenvalue weighted by molar-refractivity contribution is 5.81. The van der Waals surface area contributed by atoms with E-state index in [1.165, 1.54) is 5.56 Å². The highest BCUT2D eigenvalue weighted by Gasteiger charge is 2.30. The van der Waals surface area contributed by atoms with Crippen LogP contribution in [0.5, 0.6) is 5.75 Å². The molecular formula is C30H32N6O2. The summed E-state index contributed by atoms with van der Waals surface area (Å²) in [6, 6.07) is 23.8. The van der Waals surface area contributed by atoms with Crippen molar-refractivity contribution >= 4 is 10.9 Å². The maximum atomic E-state index is 13.6. The van der Waals surface area contributed by atoms with E-state index < -0.39 is 6.04 Å². The van der Waals surface area contributed by atoms with Crippen molar-refractivity contribution in [1.29, 1.82) is 0 Å². The van der Waals surface area contributed by atoms with Gasteiger partial charge in [0.1, 0.15) is 11.8 Å². The zero-order chi connectivity index (χ0) is 26.6. The number of nitrogens with one attached hydrogen (secondary N) is 1. The number of ether oxygens (including phenoxy) is 1. The topological polar surface area (TPSA) is 88.9 Å². The van der Waals surface area contributed by atoms with Crippen molar-refractivity contribution in [2.75, 3.05) is 13.7 Å². The second-order valence-electron chi connectivity index (χ2n) is 9.57. The molecule has 8 heteroatoms. The van der Waals surface area contributed by atoms with Gasteiger partial charge in [-0.05, 0) is 88.8 Å². The normalized spacial score (nSPS) is 12.2. The molecule has 2 heterocycles. The van der Waals surface area contributed by atoms with Crippen molar-refractivity contribution in [1.82, 2.24) is 30.1 Å². The summed E-state index contributed by atoms with van der Waals surface area (Å²) in [5.74, 6) is 1.41. The zero-order valence-electron chi connectivity index (χ0n) is 22.2. The van der Waals surface area contributed by atoms with Crippen molar-refractivity contribution in [3.8, 4) is 5.75 Å². The van der Waals surface area contributed by atoms with Gasteiger partial charge < -0.3 is 9.72 Å². The van der Waals surface area contributed by atoms with Gasteiger partial charge in [0.05, 0.1) is 13.7 Å². The predicted molar refractivity (Wildman–Crippen MR) is 148 cm³/mol. The minimum absolute atomic E-state index is 0.142. The Hall–Kier alpha value is -4.30. The number of nitrogens with zero attached hydrogens (tertiary/aromatic N) is 5. The van der Waals surface area contributed by atoms with Gasteiger partial charge in [0.2, 0.25) is 0 Å². The highest BCUT2D eigenvalue weighted by atomic mass is 16.5. The Labute approximate surface area is 221 Å². The Kier molecular flexibility index (Phi) is 7.33. The second kappa shape index (κ2) is 11.0. The highest BCUT2D eigenvalue weighted by Crippen LogP contribution is 2.29. The molecule has 0 radical (unpaired) electrons. The number of methoxy groups -OCH3 is 1. The summed E-state index contributed by atoms with van der Waals surface area (Å²) in [6.45, 7) is 8.03. The molecule has 1 atom stereocenters. The number of aryl methyl sites for hydroxylation is 2. The minimum Gasteiger partial charge on any atom is -0.497 e. The van der Waals surface area contributed by atoms with E-state index in [9.17, 15) is 4.79 Å². The summed E-state index contributed by atoms with van der Waals surface area (Å²) in [5, 5.41) is 13.8. The van der Waals surface area contributed by atoms with Crippen LogP contribution in [-0.4, -0.2) is 43.7 Å². The van der Waals surface area contributed by atoms with Crippen molar-refractivity contribution in [3.05, 3.63) is 117 Å². The molecule has 0 aliphatic heterocycles. The average molecular weight is 509 g/mol. The van der Waals surface area contributed by atoms with E-state index in [1.807, 2.05) is 54.6 Å². The van der Waals surface area contributed by atoms with Crippen LogP contribution in [0.3, 0.4) is 0 Å². The van der Waals surface area contributed by atoms with E-state index in [0.29, 0.717) is 31.0 Å². The molecule has 2 aromatic heterocycles. The smallest absolute Gasteiger partial charge is 0.253 e. The first-order valence-corrected chi connectivity index (χ1v) is 12.8. The lowest BCUT2D eigenvalue weighted by atomic mass is 10.00. The van der Waals surface area contributed by atoms with Crippen molar-refractivity contribution in [2.24, 2.45) is 0 Å². The van der Waals surface area contributed by atoms with E-state index in [1.54, 1.807) is 11.8 Å². The van der Waals surface area contributed by atoms with Crippen LogP contribution in [0.4, 0.5) is 0 Å². The molecule has 0 saturated heterocycles. The summed E-state index contributed by atoms with van der Waals surface area (Å²) in [6.07, 6.45) is 0. The Morgan fingerprint density at radius 3 is 2.42 bits per heavy atom. The molecular weight excluding hydrogens is 476 g/mol. The molecule has 3 aromatic carbocycles. The largest absolute Gasteiger partial charge is 0.497 e. The Morgan fingerprint density at radius 1 is 0.974 bits per heavy atom. The predicted octanol–water partition coefficient (Wildman–Crippen LogP) is 4.80. The van der Waals surface area contributed by atoms with E-state index >= 15 is 0 Å². The fourth-order valence-corrected chi connectivity index (χ4v) is 4.82. The van der Waals surface area contributed by atoms with E-state index in [2.05, 4.69) is 64.4 Å². The average Bonchev–Trinajstić information content (AvgIpc) is 3.38. The number of H-pyrrole nitrogens is 1. The number of hydrogen-bond acceptors (Lipinski definition) is 6. The number of aromatic amines is 1. The van der Waals surface area contributed by atoms with Gasteiger partial charge in [-0.2, -0.15) is 0 Å². The van der Waals surface area contributed by atoms with Gasteiger partial charge in [-0.15, -0.1) is 5.10 Å². The van der Waals surface area contributed by atoms with Crippen molar-refractivity contribution < 1.29 is 4.74 Å². The number of fused-ring (bicyclic) bond motifs is 1. The van der Waals surface area contributed by atoms with Crippen molar-refractivity contribution in [3.63, 3.8) is 0 Å². The third kappa shape index (κ3) is 5.21. The van der Waals surface area contributed by atoms with Gasteiger partial charge in [-0.1, -0.05) is 49.4 Å². The van der Waals surface area contributed by atoms with E-state index in [-0.39, 0.29) is 5.56 Å². The monoisotopic (exact) mass is 508 g/mol. The molecule has 0 bridgehead atoms. The first-order chi connectivity index (χ1) is 18.5. The zero-order valence-corrected chi connectivity index (χ0v) is 22.2. The van der Waals surface area contributed by atoms with Crippen LogP contribution in [0.15, 0.2) is 77.6 Å². The number of benzene rings is 3. The quantitative estimate of drug-likeness (QED) is 0.308. The number of tetrazole rings is 1. The van der Waals surface area contributed by atoms with Crippen LogP contribution in [0, 0.1) is 13.8 Å². The third-order valence-corrected chi connectivity index (χ3v) is 7.08. The molecule has 0 aliphatic rings. The fourth-order valence-electron chi connectivity index (χ4n) is 4.82. The molecule has 0 saturated carbocycles. The molecule has 0 aliphatic carbocycles. The van der Waals surface area contributed by atoms with Gasteiger partial charge in [-0.3, -0.25) is 9.69 Å². The first kappa shape index (κ1) is 25.4. The molecule has 0 spiro atoms. The molecule has 5 rings (SSSR count). The maximum Gasteiger partial charge on any atom is 0.253 e. The molecule has 5 aromatic rings. The molecule has 0 amide bonds. The van der Waals surface area contributed by atoms with Gasteiger partial charge in [0.15, 0.2) is 5.82 Å². The molecule has 38 heavy (non-hydrogen) atoms. The molecule has 194 valence electrons. The summed E-state index contributed by atoms with van der Waals surface area (Å²) in [7, 11) is 1.65. The summed E-state index contributed by atoms with van der Waals surface area (Å²) < 4.78 is 7.08. The SMILES string of the molecule is CCN(Cc1ccccc1)[C@@H](c1cc2cc(C)c(C)cc2[nH]c1=O)c1nnnn1Cc1ccc(OC)cc1. The number of pyridine rings is 1. The molecule has 0 fully saturated rings.